The summed E-state index contributed by atoms with van der Waals surface area (Å²) in [4.78, 5) is 0. The lowest BCUT2D eigenvalue weighted by atomic mass is 9.72. The van der Waals surface area contributed by atoms with E-state index in [0.717, 1.165) is 35.8 Å². The van der Waals surface area contributed by atoms with E-state index in [4.69, 9.17) is 32.9 Å². The zero-order chi connectivity index (χ0) is 31.0. The molecule has 43 heavy (non-hydrogen) atoms. The summed E-state index contributed by atoms with van der Waals surface area (Å²) in [6.07, 6.45) is 18.2. The minimum absolute atomic E-state index is 0.901. The predicted molar refractivity (Wildman–Crippen MR) is 194 cm³/mol. The molecule has 0 aromatic carbocycles. The SMILES string of the molecule is C[SiH]1O[SiH](C)O[Si](C)(CCCC2CCC(CC3CCC(CCC[Si]4(C)O[SiH](C)O[SiH](C)O[SiH](C)O4)CC3)CC2)O[SiH](C)O1. The van der Waals surface area contributed by atoms with Crippen LogP contribution in [0, 0.1) is 23.7 Å². The average Bonchev–Trinajstić information content (AvgIpc) is 2.88. The fraction of sp³-hybridized carbons (Fsp3) is 1.00. The van der Waals surface area contributed by atoms with Crippen molar-refractivity contribution in [2.24, 2.45) is 23.7 Å². The van der Waals surface area contributed by atoms with E-state index in [-0.39, 0.29) is 0 Å². The summed E-state index contributed by atoms with van der Waals surface area (Å²) in [7, 11) is -13.9. The van der Waals surface area contributed by atoms with Crippen LogP contribution in [-0.4, -0.2) is 72.8 Å². The lowest BCUT2D eigenvalue weighted by Gasteiger charge is -2.38. The third-order valence-electron chi connectivity index (χ3n) is 10.3. The van der Waals surface area contributed by atoms with Crippen LogP contribution in [0.5, 0.6) is 0 Å². The molecule has 8 nitrogen and oxygen atoms in total. The van der Waals surface area contributed by atoms with Crippen LogP contribution in [0.1, 0.15) is 83.5 Å². The first kappa shape index (κ1) is 37.2. The van der Waals surface area contributed by atoms with Crippen molar-refractivity contribution < 1.29 is 32.9 Å². The second-order valence-corrected chi connectivity index (χ2v) is 35.0. The summed E-state index contributed by atoms with van der Waals surface area (Å²) in [5, 5.41) is 0. The molecule has 2 aliphatic carbocycles. The highest BCUT2D eigenvalue weighted by Crippen LogP contribution is 2.41. The molecule has 4 fully saturated rings. The van der Waals surface area contributed by atoms with Crippen LogP contribution in [0.2, 0.25) is 64.5 Å². The molecule has 2 heterocycles. The number of hydrogen-bond acceptors (Lipinski definition) is 8. The Labute approximate surface area is 276 Å². The van der Waals surface area contributed by atoms with Crippen molar-refractivity contribution in [3.63, 3.8) is 0 Å². The molecule has 4 aliphatic rings. The highest BCUT2D eigenvalue weighted by Gasteiger charge is 2.40. The fourth-order valence-electron chi connectivity index (χ4n) is 8.36. The van der Waals surface area contributed by atoms with E-state index < -0.39 is 72.8 Å². The first-order valence-corrected chi connectivity index (χ1v) is 35.3. The fourth-order valence-corrected chi connectivity index (χ4v) is 37.8. The van der Waals surface area contributed by atoms with Gasteiger partial charge in [-0.1, -0.05) is 77.0 Å². The largest absolute Gasteiger partial charge is 0.420 e. The second-order valence-electron chi connectivity index (χ2n) is 14.5. The maximum atomic E-state index is 6.50. The average molecular weight is 741 g/mol. The molecule has 252 valence electrons. The predicted octanol–water partition coefficient (Wildman–Crippen LogP) is 5.96. The van der Waals surface area contributed by atoms with Crippen molar-refractivity contribution in [2.45, 2.75) is 148 Å². The molecule has 4 rings (SSSR count). The minimum Gasteiger partial charge on any atom is -0.420 e. The summed E-state index contributed by atoms with van der Waals surface area (Å²) >= 11 is 0. The van der Waals surface area contributed by atoms with Crippen LogP contribution < -0.4 is 0 Å². The first-order valence-electron chi connectivity index (χ1n) is 17.7. The molecule has 0 aromatic heterocycles. The Kier molecular flexibility index (Phi) is 15.3. The summed E-state index contributed by atoms with van der Waals surface area (Å²) in [5.41, 5.74) is 0. The highest BCUT2D eigenvalue weighted by molar-refractivity contribution is 6.81. The van der Waals surface area contributed by atoms with Gasteiger partial charge < -0.3 is 32.9 Å². The van der Waals surface area contributed by atoms with Crippen LogP contribution in [0.4, 0.5) is 0 Å². The molecular formula is C27H64O8Si8. The van der Waals surface area contributed by atoms with E-state index in [0.29, 0.717) is 0 Å². The van der Waals surface area contributed by atoms with Crippen molar-refractivity contribution in [1.29, 1.82) is 0 Å². The Bertz CT molecular complexity index is 728. The number of rotatable bonds is 10. The minimum atomic E-state index is -2.16. The van der Waals surface area contributed by atoms with Crippen LogP contribution >= 0.6 is 0 Å². The summed E-state index contributed by atoms with van der Waals surface area (Å²) < 4.78 is 50.4. The molecular weight excluding hydrogens is 677 g/mol. The monoisotopic (exact) mass is 740 g/mol. The molecule has 2 saturated carbocycles. The normalized spacial score (nSPS) is 45.5. The zero-order valence-electron chi connectivity index (χ0n) is 28.6. The van der Waals surface area contributed by atoms with Gasteiger partial charge >= 0.3 is 17.1 Å². The molecule has 4 unspecified atom stereocenters. The van der Waals surface area contributed by atoms with Crippen LogP contribution in [0.15, 0.2) is 0 Å². The van der Waals surface area contributed by atoms with Crippen molar-refractivity contribution in [3.8, 4) is 0 Å². The molecule has 0 spiro atoms. The first-order chi connectivity index (χ1) is 20.4. The Morgan fingerprint density at radius 1 is 0.442 bits per heavy atom. The maximum Gasteiger partial charge on any atom is 0.316 e. The molecule has 0 amide bonds. The lowest BCUT2D eigenvalue weighted by Crippen LogP contribution is -2.53. The number of hydrogen-bond donors (Lipinski definition) is 0. The molecule has 0 aromatic rings. The van der Waals surface area contributed by atoms with Gasteiger partial charge in [0, 0.05) is 0 Å². The van der Waals surface area contributed by atoms with Gasteiger partial charge in [-0.05, 0) is 94.6 Å². The van der Waals surface area contributed by atoms with Crippen molar-refractivity contribution in [3.05, 3.63) is 0 Å². The third-order valence-corrected chi connectivity index (χ3v) is 38.4. The summed E-state index contributed by atoms with van der Waals surface area (Å²) in [6, 6.07) is 2.19. The zero-order valence-corrected chi connectivity index (χ0v) is 37.6. The van der Waals surface area contributed by atoms with Gasteiger partial charge in [-0.2, -0.15) is 0 Å². The lowest BCUT2D eigenvalue weighted by molar-refractivity contribution is 0.183. The Morgan fingerprint density at radius 3 is 1.02 bits per heavy atom. The molecule has 0 bridgehead atoms. The molecule has 2 saturated heterocycles. The second kappa shape index (κ2) is 17.7. The Morgan fingerprint density at radius 2 is 0.721 bits per heavy atom. The van der Waals surface area contributed by atoms with E-state index in [2.05, 4.69) is 52.4 Å². The van der Waals surface area contributed by atoms with Gasteiger partial charge in [0.25, 0.3) is 55.7 Å². The van der Waals surface area contributed by atoms with Crippen LogP contribution in [0.25, 0.3) is 0 Å². The third kappa shape index (κ3) is 13.1. The maximum absolute atomic E-state index is 6.50. The van der Waals surface area contributed by atoms with Gasteiger partial charge in [0.1, 0.15) is 0 Å². The van der Waals surface area contributed by atoms with E-state index in [1.165, 1.54) is 83.5 Å². The van der Waals surface area contributed by atoms with Crippen LogP contribution in [-0.2, 0) is 32.9 Å². The van der Waals surface area contributed by atoms with E-state index in [1.54, 1.807) is 0 Å². The van der Waals surface area contributed by atoms with E-state index in [1.807, 2.05) is 0 Å². The Hall–Kier alpha value is 1.42. The van der Waals surface area contributed by atoms with Crippen LogP contribution in [0.3, 0.4) is 0 Å². The molecule has 16 heteroatoms. The molecule has 0 radical (unpaired) electrons. The van der Waals surface area contributed by atoms with Gasteiger partial charge in [0.15, 0.2) is 0 Å². The molecule has 0 N–H and O–H groups in total. The van der Waals surface area contributed by atoms with Crippen molar-refractivity contribution >= 4 is 72.8 Å². The highest BCUT2D eigenvalue weighted by atomic mass is 28.5. The van der Waals surface area contributed by atoms with Crippen molar-refractivity contribution in [1.82, 2.24) is 0 Å². The molecule has 2 aliphatic heterocycles. The standard InChI is InChI=1S/C27H64O8Si8/c1-36-28-38(3)32-42(7,33-39(4)29-36)21-9-11-24-13-17-26(18-14-24)23-27-19-15-25(16-20-27)12-10-22-43(8)34-40(5)30-37(2)31-41(6)35-43/h24-27,36-41H,9-23H2,1-8H3. The van der Waals surface area contributed by atoms with Gasteiger partial charge in [-0.3, -0.25) is 0 Å². The topological polar surface area (TPSA) is 73.8 Å². The Balaban J connectivity index is 1.07. The smallest absolute Gasteiger partial charge is 0.316 e. The summed E-state index contributed by atoms with van der Waals surface area (Å²) in [6.45, 7) is 17.3. The van der Waals surface area contributed by atoms with E-state index in [9.17, 15) is 0 Å². The van der Waals surface area contributed by atoms with Crippen molar-refractivity contribution in [2.75, 3.05) is 0 Å². The van der Waals surface area contributed by atoms with Gasteiger partial charge in [0.2, 0.25) is 0 Å². The van der Waals surface area contributed by atoms with Gasteiger partial charge in [-0.15, -0.1) is 0 Å². The summed E-state index contributed by atoms with van der Waals surface area (Å²) in [5.74, 6) is 3.73. The van der Waals surface area contributed by atoms with E-state index >= 15 is 0 Å². The quantitative estimate of drug-likeness (QED) is 0.255. The van der Waals surface area contributed by atoms with Gasteiger partial charge in [0.05, 0.1) is 0 Å². The van der Waals surface area contributed by atoms with Gasteiger partial charge in [-0.25, -0.2) is 0 Å². The molecule has 4 atom stereocenters.